The Morgan fingerprint density at radius 1 is 1.56 bits per heavy atom. The highest BCUT2D eigenvalue weighted by atomic mass is 16.5. The summed E-state index contributed by atoms with van der Waals surface area (Å²) in [4.78, 5) is 15.9. The fourth-order valence-corrected chi connectivity index (χ4v) is 1.88. The van der Waals surface area contributed by atoms with E-state index in [1.54, 1.807) is 0 Å². The summed E-state index contributed by atoms with van der Waals surface area (Å²) in [5.41, 5.74) is 1.99. The Labute approximate surface area is 95.0 Å². The monoisotopic (exact) mass is 220 g/mol. The van der Waals surface area contributed by atoms with Gasteiger partial charge in [0, 0.05) is 6.54 Å². The number of rotatable bonds is 2. The minimum absolute atomic E-state index is 0.247. The van der Waals surface area contributed by atoms with Crippen LogP contribution in [-0.2, 0) is 16.0 Å². The van der Waals surface area contributed by atoms with Crippen molar-refractivity contribution in [2.24, 2.45) is 0 Å². The highest BCUT2D eigenvalue weighted by Gasteiger charge is 2.19. The number of esters is 1. The van der Waals surface area contributed by atoms with Gasteiger partial charge in [0.05, 0.1) is 18.7 Å². The number of aryl methyl sites for hydroxylation is 1. The second kappa shape index (κ2) is 4.51. The molecule has 0 amide bonds. The minimum atomic E-state index is -0.306. The lowest BCUT2D eigenvalue weighted by Gasteiger charge is -2.18. The van der Waals surface area contributed by atoms with E-state index in [4.69, 9.17) is 4.74 Å². The number of hydrogen-bond donors (Lipinski definition) is 1. The molecule has 2 heterocycles. The predicted octanol–water partition coefficient (Wildman–Crippen LogP) is 1.72. The molecule has 4 nitrogen and oxygen atoms in total. The summed E-state index contributed by atoms with van der Waals surface area (Å²) in [6.45, 7) is 2.76. The maximum Gasteiger partial charge on any atom is 0.314 e. The van der Waals surface area contributed by atoms with Gasteiger partial charge in [-0.1, -0.05) is 6.07 Å². The van der Waals surface area contributed by atoms with Crippen molar-refractivity contribution < 1.29 is 9.53 Å². The van der Waals surface area contributed by atoms with Gasteiger partial charge in [-0.3, -0.25) is 4.79 Å². The predicted molar refractivity (Wildman–Crippen MR) is 61.5 cm³/mol. The molecule has 4 heteroatoms. The van der Waals surface area contributed by atoms with Crippen molar-refractivity contribution in [1.82, 2.24) is 4.98 Å². The van der Waals surface area contributed by atoms with Crippen molar-refractivity contribution in [2.45, 2.75) is 25.7 Å². The number of ether oxygens (including phenoxy) is 1. The minimum Gasteiger partial charge on any atom is -0.469 e. The molecule has 2 rings (SSSR count). The van der Waals surface area contributed by atoms with E-state index in [-0.39, 0.29) is 11.9 Å². The number of nitrogens with zero attached hydrogens (tertiary/aromatic N) is 1. The van der Waals surface area contributed by atoms with Crippen molar-refractivity contribution in [2.75, 3.05) is 19.0 Å². The zero-order valence-electron chi connectivity index (χ0n) is 9.62. The van der Waals surface area contributed by atoms with Gasteiger partial charge in [0.2, 0.25) is 0 Å². The first kappa shape index (κ1) is 10.9. The molecule has 1 aliphatic rings. The summed E-state index contributed by atoms with van der Waals surface area (Å²) in [6, 6.07) is 3.96. The normalized spacial score (nSPS) is 15.9. The average Bonchev–Trinajstić information content (AvgIpc) is 2.36. The third-order valence-corrected chi connectivity index (χ3v) is 2.91. The van der Waals surface area contributed by atoms with Crippen LogP contribution in [-0.4, -0.2) is 24.6 Å². The van der Waals surface area contributed by atoms with Gasteiger partial charge in [-0.15, -0.1) is 0 Å². The van der Waals surface area contributed by atoms with E-state index in [1.165, 1.54) is 12.7 Å². The van der Waals surface area contributed by atoms with Crippen LogP contribution in [0.3, 0.4) is 0 Å². The lowest BCUT2D eigenvalue weighted by atomic mass is 10.0. The second-order valence-corrected chi connectivity index (χ2v) is 4.02. The van der Waals surface area contributed by atoms with Gasteiger partial charge in [-0.25, -0.2) is 4.98 Å². The molecular formula is C12H16N2O2. The lowest BCUT2D eigenvalue weighted by Crippen LogP contribution is -2.17. The van der Waals surface area contributed by atoms with Crippen LogP contribution in [0.25, 0.3) is 0 Å². The van der Waals surface area contributed by atoms with E-state index >= 15 is 0 Å². The van der Waals surface area contributed by atoms with Crippen LogP contribution in [0.15, 0.2) is 12.1 Å². The summed E-state index contributed by atoms with van der Waals surface area (Å²) in [5, 5.41) is 3.25. The molecule has 1 atom stereocenters. The molecule has 86 valence electrons. The molecular weight excluding hydrogens is 204 g/mol. The SMILES string of the molecule is COC(=O)C(C)c1ccc2c(n1)NCCC2. The summed E-state index contributed by atoms with van der Waals surface area (Å²) in [7, 11) is 1.40. The molecule has 0 saturated heterocycles. The third kappa shape index (κ3) is 2.01. The fourth-order valence-electron chi connectivity index (χ4n) is 1.88. The Bertz CT molecular complexity index is 404. The van der Waals surface area contributed by atoms with Gasteiger partial charge < -0.3 is 10.1 Å². The van der Waals surface area contributed by atoms with Gasteiger partial charge in [-0.05, 0) is 31.4 Å². The maximum absolute atomic E-state index is 11.4. The van der Waals surface area contributed by atoms with E-state index in [0.29, 0.717) is 0 Å². The molecule has 0 spiro atoms. The number of fused-ring (bicyclic) bond motifs is 1. The molecule has 0 fully saturated rings. The molecule has 1 aromatic rings. The zero-order valence-corrected chi connectivity index (χ0v) is 9.62. The van der Waals surface area contributed by atoms with E-state index in [0.717, 1.165) is 30.9 Å². The van der Waals surface area contributed by atoms with Crippen molar-refractivity contribution in [3.63, 3.8) is 0 Å². The van der Waals surface area contributed by atoms with Gasteiger partial charge in [0.25, 0.3) is 0 Å². The number of aromatic nitrogens is 1. The van der Waals surface area contributed by atoms with Crippen LogP contribution in [0.4, 0.5) is 5.82 Å². The molecule has 1 aliphatic heterocycles. The number of anilines is 1. The summed E-state index contributed by atoms with van der Waals surface area (Å²) >= 11 is 0. The Hall–Kier alpha value is -1.58. The first-order valence-corrected chi connectivity index (χ1v) is 5.54. The molecule has 0 bridgehead atoms. The first-order chi connectivity index (χ1) is 7.72. The number of nitrogens with one attached hydrogen (secondary N) is 1. The second-order valence-electron chi connectivity index (χ2n) is 4.02. The standard InChI is InChI=1S/C12H16N2O2/c1-8(12(15)16-2)10-6-5-9-4-3-7-13-11(9)14-10/h5-6,8H,3-4,7H2,1-2H3,(H,13,14). The summed E-state index contributed by atoms with van der Waals surface area (Å²) in [6.07, 6.45) is 2.20. The number of hydrogen-bond acceptors (Lipinski definition) is 4. The van der Waals surface area contributed by atoms with Gasteiger partial charge in [0.1, 0.15) is 5.82 Å². The third-order valence-electron chi connectivity index (χ3n) is 2.91. The van der Waals surface area contributed by atoms with Crippen LogP contribution < -0.4 is 5.32 Å². The van der Waals surface area contributed by atoms with Crippen LogP contribution >= 0.6 is 0 Å². The van der Waals surface area contributed by atoms with Crippen molar-refractivity contribution in [1.29, 1.82) is 0 Å². The topological polar surface area (TPSA) is 51.2 Å². The Balaban J connectivity index is 2.26. The summed E-state index contributed by atoms with van der Waals surface area (Å²) in [5.74, 6) is 0.363. The summed E-state index contributed by atoms with van der Waals surface area (Å²) < 4.78 is 4.71. The van der Waals surface area contributed by atoms with Crippen molar-refractivity contribution in [3.8, 4) is 0 Å². The van der Waals surface area contributed by atoms with Crippen molar-refractivity contribution >= 4 is 11.8 Å². The highest BCUT2D eigenvalue weighted by molar-refractivity contribution is 5.77. The molecule has 0 saturated carbocycles. The number of methoxy groups -OCH3 is 1. The van der Waals surface area contributed by atoms with E-state index in [9.17, 15) is 4.79 Å². The largest absolute Gasteiger partial charge is 0.469 e. The van der Waals surface area contributed by atoms with Crippen molar-refractivity contribution in [3.05, 3.63) is 23.4 Å². The van der Waals surface area contributed by atoms with Crippen LogP contribution in [0, 0.1) is 0 Å². The lowest BCUT2D eigenvalue weighted by molar-refractivity contribution is -0.142. The van der Waals surface area contributed by atoms with E-state index in [2.05, 4.69) is 10.3 Å². The smallest absolute Gasteiger partial charge is 0.314 e. The number of pyridine rings is 1. The first-order valence-electron chi connectivity index (χ1n) is 5.54. The Morgan fingerprint density at radius 2 is 2.38 bits per heavy atom. The van der Waals surface area contributed by atoms with E-state index in [1.807, 2.05) is 19.1 Å². The molecule has 0 aromatic carbocycles. The van der Waals surface area contributed by atoms with Crippen LogP contribution in [0.1, 0.15) is 30.5 Å². The molecule has 16 heavy (non-hydrogen) atoms. The molecule has 0 aliphatic carbocycles. The molecule has 1 N–H and O–H groups in total. The van der Waals surface area contributed by atoms with Gasteiger partial charge >= 0.3 is 5.97 Å². The Morgan fingerprint density at radius 3 is 3.12 bits per heavy atom. The van der Waals surface area contributed by atoms with Crippen LogP contribution in [0.5, 0.6) is 0 Å². The number of carbonyl (C=O) groups is 1. The maximum atomic E-state index is 11.4. The molecule has 0 radical (unpaired) electrons. The van der Waals surface area contributed by atoms with Gasteiger partial charge in [0.15, 0.2) is 0 Å². The molecule has 1 aromatic heterocycles. The number of carbonyl (C=O) groups excluding carboxylic acids is 1. The van der Waals surface area contributed by atoms with E-state index < -0.39 is 0 Å². The Kier molecular flexibility index (Phi) is 3.08. The highest BCUT2D eigenvalue weighted by Crippen LogP contribution is 2.23. The average molecular weight is 220 g/mol. The zero-order chi connectivity index (χ0) is 11.5. The van der Waals surface area contributed by atoms with Crippen LogP contribution in [0.2, 0.25) is 0 Å². The fraction of sp³-hybridized carbons (Fsp3) is 0.500. The van der Waals surface area contributed by atoms with Gasteiger partial charge in [-0.2, -0.15) is 0 Å². The molecule has 1 unspecified atom stereocenters. The quantitative estimate of drug-likeness (QED) is 0.771.